The van der Waals surface area contributed by atoms with Gasteiger partial charge in [-0.1, -0.05) is 0 Å². The third-order valence-electron chi connectivity index (χ3n) is 3.59. The quantitative estimate of drug-likeness (QED) is 0.600. The highest BCUT2D eigenvalue weighted by Crippen LogP contribution is 2.17. The molecule has 1 aliphatic rings. The van der Waals surface area contributed by atoms with Crippen LogP contribution in [-0.4, -0.2) is 65.1 Å². The van der Waals surface area contributed by atoms with E-state index in [0.29, 0.717) is 0 Å². The van der Waals surface area contributed by atoms with Gasteiger partial charge in [-0.05, 0) is 58.3 Å². The second-order valence-corrected chi connectivity index (χ2v) is 5.16. The molecule has 1 heterocycles. The molecule has 0 unspecified atom stereocenters. The maximum atomic E-state index is 5.60. The van der Waals surface area contributed by atoms with Gasteiger partial charge in [-0.2, -0.15) is 0 Å². The van der Waals surface area contributed by atoms with Crippen LogP contribution < -0.4 is 5.32 Å². The highest BCUT2D eigenvalue weighted by atomic mass is 16.5. The van der Waals surface area contributed by atoms with Crippen LogP contribution in [-0.2, 0) is 9.47 Å². The van der Waals surface area contributed by atoms with Gasteiger partial charge in [0, 0.05) is 33.5 Å². The Hall–Kier alpha value is -0.160. The summed E-state index contributed by atoms with van der Waals surface area (Å²) in [6, 6.07) is 0. The lowest BCUT2D eigenvalue weighted by atomic mass is 9.98. The van der Waals surface area contributed by atoms with E-state index in [4.69, 9.17) is 9.47 Å². The highest BCUT2D eigenvalue weighted by molar-refractivity contribution is 4.71. The normalized spacial score (nSPS) is 18.3. The largest absolute Gasteiger partial charge is 0.384 e. The van der Waals surface area contributed by atoms with Crippen molar-refractivity contribution in [1.29, 1.82) is 0 Å². The lowest BCUT2D eigenvalue weighted by Gasteiger charge is -2.31. The Morgan fingerprint density at radius 3 is 2.56 bits per heavy atom. The predicted molar refractivity (Wildman–Crippen MR) is 75.0 cm³/mol. The smallest absolute Gasteiger partial charge is 0.0491 e. The Morgan fingerprint density at radius 1 is 1.17 bits per heavy atom. The van der Waals surface area contributed by atoms with E-state index in [2.05, 4.69) is 10.2 Å². The van der Waals surface area contributed by atoms with Crippen LogP contribution in [0.1, 0.15) is 25.7 Å². The summed E-state index contributed by atoms with van der Waals surface area (Å²) in [5.74, 6) is 0.782. The van der Waals surface area contributed by atoms with Crippen molar-refractivity contribution in [1.82, 2.24) is 10.2 Å². The standard InChI is InChI=1S/C14H30N2O2/c1-15-7-3-11-18-12-4-8-16-9-5-14(6-10-16)13-17-2/h14-15H,3-13H2,1-2H3. The van der Waals surface area contributed by atoms with E-state index in [1.165, 1.54) is 32.5 Å². The van der Waals surface area contributed by atoms with E-state index in [9.17, 15) is 0 Å². The van der Waals surface area contributed by atoms with E-state index in [1.807, 2.05) is 7.05 Å². The zero-order valence-corrected chi connectivity index (χ0v) is 12.1. The minimum absolute atomic E-state index is 0.782. The molecule has 1 saturated heterocycles. The topological polar surface area (TPSA) is 33.7 Å². The molecule has 0 bridgehead atoms. The lowest BCUT2D eigenvalue weighted by molar-refractivity contribution is 0.0864. The number of nitrogens with zero attached hydrogens (tertiary/aromatic N) is 1. The molecule has 0 saturated carbocycles. The minimum atomic E-state index is 0.782. The molecule has 0 amide bonds. The molecule has 1 N–H and O–H groups in total. The lowest BCUT2D eigenvalue weighted by Crippen LogP contribution is -2.36. The Morgan fingerprint density at radius 2 is 1.89 bits per heavy atom. The first-order chi connectivity index (χ1) is 8.86. The van der Waals surface area contributed by atoms with Gasteiger partial charge in [0.2, 0.25) is 0 Å². The van der Waals surface area contributed by atoms with Crippen molar-refractivity contribution in [2.75, 3.05) is 60.2 Å². The molecule has 4 nitrogen and oxygen atoms in total. The average Bonchev–Trinajstić information content (AvgIpc) is 2.40. The summed E-state index contributed by atoms with van der Waals surface area (Å²) in [5.41, 5.74) is 0. The number of likely N-dealkylation sites (tertiary alicyclic amines) is 1. The third-order valence-corrected chi connectivity index (χ3v) is 3.59. The number of nitrogens with one attached hydrogen (secondary N) is 1. The van der Waals surface area contributed by atoms with Crippen molar-refractivity contribution in [3.05, 3.63) is 0 Å². The molecular formula is C14H30N2O2. The fourth-order valence-electron chi connectivity index (χ4n) is 2.46. The number of ether oxygens (including phenoxy) is 2. The van der Waals surface area contributed by atoms with Crippen LogP contribution >= 0.6 is 0 Å². The first kappa shape index (κ1) is 15.9. The molecule has 0 aromatic heterocycles. The van der Waals surface area contributed by atoms with Crippen molar-refractivity contribution in [2.24, 2.45) is 5.92 Å². The molecule has 0 aliphatic carbocycles. The first-order valence-corrected chi connectivity index (χ1v) is 7.30. The number of hydrogen-bond donors (Lipinski definition) is 1. The average molecular weight is 258 g/mol. The van der Waals surface area contributed by atoms with E-state index >= 15 is 0 Å². The van der Waals surface area contributed by atoms with E-state index < -0.39 is 0 Å². The molecular weight excluding hydrogens is 228 g/mol. The van der Waals surface area contributed by atoms with Gasteiger partial charge in [-0.25, -0.2) is 0 Å². The molecule has 1 aliphatic heterocycles. The summed E-state index contributed by atoms with van der Waals surface area (Å²) in [7, 11) is 3.78. The van der Waals surface area contributed by atoms with Gasteiger partial charge in [0.05, 0.1) is 0 Å². The fourth-order valence-corrected chi connectivity index (χ4v) is 2.46. The maximum absolute atomic E-state index is 5.60. The summed E-state index contributed by atoms with van der Waals surface area (Å²) >= 11 is 0. The van der Waals surface area contributed by atoms with Gasteiger partial charge >= 0.3 is 0 Å². The van der Waals surface area contributed by atoms with Gasteiger partial charge in [-0.15, -0.1) is 0 Å². The van der Waals surface area contributed by atoms with Crippen molar-refractivity contribution in [3.63, 3.8) is 0 Å². The molecule has 0 spiro atoms. The molecule has 18 heavy (non-hydrogen) atoms. The number of hydrogen-bond acceptors (Lipinski definition) is 4. The molecule has 0 aromatic rings. The zero-order valence-electron chi connectivity index (χ0n) is 12.1. The van der Waals surface area contributed by atoms with E-state index in [0.717, 1.165) is 45.1 Å². The summed E-state index contributed by atoms with van der Waals surface area (Å²) < 4.78 is 10.8. The Balaban J connectivity index is 1.88. The molecule has 108 valence electrons. The van der Waals surface area contributed by atoms with Crippen molar-refractivity contribution in [3.8, 4) is 0 Å². The molecule has 4 heteroatoms. The van der Waals surface area contributed by atoms with Crippen LogP contribution in [0.15, 0.2) is 0 Å². The van der Waals surface area contributed by atoms with Crippen LogP contribution in [0, 0.1) is 5.92 Å². The highest BCUT2D eigenvalue weighted by Gasteiger charge is 2.18. The third kappa shape index (κ3) is 7.31. The van der Waals surface area contributed by atoms with Gasteiger partial charge in [-0.3, -0.25) is 0 Å². The Labute approximate surface area is 112 Å². The van der Waals surface area contributed by atoms with Crippen molar-refractivity contribution >= 4 is 0 Å². The SMILES string of the molecule is CNCCCOCCCN1CCC(COC)CC1. The minimum Gasteiger partial charge on any atom is -0.384 e. The summed E-state index contributed by atoms with van der Waals surface area (Å²) in [6.45, 7) is 7.42. The molecule has 0 radical (unpaired) electrons. The number of rotatable bonds is 10. The molecule has 1 fully saturated rings. The summed E-state index contributed by atoms with van der Waals surface area (Å²) in [5, 5.41) is 3.13. The van der Waals surface area contributed by atoms with Crippen LogP contribution in [0.4, 0.5) is 0 Å². The van der Waals surface area contributed by atoms with Crippen LogP contribution in [0.5, 0.6) is 0 Å². The zero-order chi connectivity index (χ0) is 13.1. The summed E-state index contributed by atoms with van der Waals surface area (Å²) in [4.78, 5) is 2.56. The van der Waals surface area contributed by atoms with Crippen molar-refractivity contribution < 1.29 is 9.47 Å². The number of methoxy groups -OCH3 is 1. The second-order valence-electron chi connectivity index (χ2n) is 5.16. The molecule has 0 atom stereocenters. The van der Waals surface area contributed by atoms with E-state index in [-0.39, 0.29) is 0 Å². The van der Waals surface area contributed by atoms with Crippen LogP contribution in [0.25, 0.3) is 0 Å². The molecule has 1 rings (SSSR count). The van der Waals surface area contributed by atoms with Gasteiger partial charge < -0.3 is 19.7 Å². The first-order valence-electron chi connectivity index (χ1n) is 7.30. The fraction of sp³-hybridized carbons (Fsp3) is 1.00. The van der Waals surface area contributed by atoms with E-state index in [1.54, 1.807) is 7.11 Å². The Bertz CT molecular complexity index is 183. The van der Waals surface area contributed by atoms with Crippen LogP contribution in [0.3, 0.4) is 0 Å². The van der Waals surface area contributed by atoms with Crippen molar-refractivity contribution in [2.45, 2.75) is 25.7 Å². The second kappa shape index (κ2) is 10.7. The monoisotopic (exact) mass is 258 g/mol. The Kier molecular flexibility index (Phi) is 9.48. The molecule has 0 aromatic carbocycles. The maximum Gasteiger partial charge on any atom is 0.0491 e. The van der Waals surface area contributed by atoms with Gasteiger partial charge in [0.15, 0.2) is 0 Å². The summed E-state index contributed by atoms with van der Waals surface area (Å²) in [6.07, 6.45) is 4.85. The van der Waals surface area contributed by atoms with Crippen LogP contribution in [0.2, 0.25) is 0 Å². The number of piperidine rings is 1. The predicted octanol–water partition coefficient (Wildman–Crippen LogP) is 1.36. The van der Waals surface area contributed by atoms with Gasteiger partial charge in [0.1, 0.15) is 0 Å². The van der Waals surface area contributed by atoms with Gasteiger partial charge in [0.25, 0.3) is 0 Å².